The third kappa shape index (κ3) is 4.87. The van der Waals surface area contributed by atoms with Crippen molar-refractivity contribution in [1.29, 1.82) is 0 Å². The van der Waals surface area contributed by atoms with Gasteiger partial charge in [0.05, 0.1) is 34.7 Å². The minimum Gasteiger partial charge on any atom is -0.349 e. The van der Waals surface area contributed by atoms with Gasteiger partial charge in [-0.05, 0) is 24.3 Å². The monoisotopic (exact) mass is 457 g/mol. The van der Waals surface area contributed by atoms with Crippen molar-refractivity contribution in [2.45, 2.75) is 25.2 Å². The molecule has 31 heavy (non-hydrogen) atoms. The summed E-state index contributed by atoms with van der Waals surface area (Å²) in [6.45, 7) is 4.61. The number of nitrogens with zero attached hydrogens (tertiary/aromatic N) is 3. The maximum Gasteiger partial charge on any atom is 0.270 e. The first-order valence-corrected chi connectivity index (χ1v) is 9.40. The van der Waals surface area contributed by atoms with Gasteiger partial charge in [-0.25, -0.2) is 22.2 Å². The Morgan fingerprint density at radius 1 is 1.00 bits per heavy atom. The molecular weight excluding hydrogens is 438 g/mol. The van der Waals surface area contributed by atoms with Gasteiger partial charge in [-0.1, -0.05) is 29.8 Å². The molecule has 0 aliphatic carbocycles. The molecule has 2 aromatic carbocycles. The van der Waals surface area contributed by atoms with Crippen LogP contribution in [0.3, 0.4) is 0 Å². The first kappa shape index (κ1) is 24.3. The fourth-order valence-corrected chi connectivity index (χ4v) is 3.57. The van der Waals surface area contributed by atoms with Gasteiger partial charge in [-0.15, -0.1) is 5.10 Å². The highest BCUT2D eigenvalue weighted by atomic mass is 35.5. The lowest BCUT2D eigenvalue weighted by Gasteiger charge is -2.14. The third-order valence-electron chi connectivity index (χ3n) is 4.74. The second-order valence-electron chi connectivity index (χ2n) is 6.74. The van der Waals surface area contributed by atoms with Gasteiger partial charge in [0, 0.05) is 12.5 Å². The maximum absolute atomic E-state index is 13.7. The second-order valence-corrected chi connectivity index (χ2v) is 7.15. The number of carbonyl (C=O) groups is 2. The first-order chi connectivity index (χ1) is 14.8. The molecule has 0 N–H and O–H groups in total. The standard InChI is InChI=1S/C19H16ClF4N3.2CH2O/c1-19(23,24)11-5-7-12(8-6-11)27-16-4-2-3-13(20)17(16)18(25-27)26-9-14(21)15(22)10-26;2*1-2/h2-8,14-15H,9-10H2,1H3;2*1H2. The third-order valence-corrected chi connectivity index (χ3v) is 5.05. The van der Waals surface area contributed by atoms with E-state index in [1.54, 1.807) is 22.9 Å². The van der Waals surface area contributed by atoms with Crippen molar-refractivity contribution in [3.05, 3.63) is 53.1 Å². The Balaban J connectivity index is 0.000000807. The van der Waals surface area contributed by atoms with Crippen LogP contribution in [0.1, 0.15) is 12.5 Å². The summed E-state index contributed by atoms with van der Waals surface area (Å²) < 4.78 is 55.8. The summed E-state index contributed by atoms with van der Waals surface area (Å²) in [4.78, 5) is 17.5. The van der Waals surface area contributed by atoms with Crippen molar-refractivity contribution < 1.29 is 27.2 Å². The Labute approximate surface area is 181 Å². The summed E-state index contributed by atoms with van der Waals surface area (Å²) in [6.07, 6.45) is -3.17. The first-order valence-electron chi connectivity index (χ1n) is 9.02. The van der Waals surface area contributed by atoms with E-state index in [0.29, 0.717) is 27.4 Å². The topological polar surface area (TPSA) is 55.2 Å². The molecule has 0 saturated carbocycles. The number of aromatic nitrogens is 2. The molecule has 3 aromatic rings. The molecule has 2 unspecified atom stereocenters. The largest absolute Gasteiger partial charge is 0.349 e. The van der Waals surface area contributed by atoms with Crippen LogP contribution in [0.2, 0.25) is 5.02 Å². The van der Waals surface area contributed by atoms with Gasteiger partial charge in [-0.3, -0.25) is 0 Å². The molecule has 0 bridgehead atoms. The molecular formula is C21H20ClF4N3O2. The summed E-state index contributed by atoms with van der Waals surface area (Å²) in [5, 5.41) is 5.48. The van der Waals surface area contributed by atoms with Gasteiger partial charge in [0.2, 0.25) is 0 Å². The molecule has 1 aliphatic rings. The van der Waals surface area contributed by atoms with Crippen molar-refractivity contribution in [3.8, 4) is 5.69 Å². The summed E-state index contributed by atoms with van der Waals surface area (Å²) in [5.74, 6) is -2.57. The lowest BCUT2D eigenvalue weighted by Crippen LogP contribution is -2.21. The average Bonchev–Trinajstić information content (AvgIpc) is 3.31. The van der Waals surface area contributed by atoms with Crippen LogP contribution < -0.4 is 4.90 Å². The maximum atomic E-state index is 13.7. The number of carbonyl (C=O) groups excluding carboxylic acids is 2. The van der Waals surface area contributed by atoms with Crippen LogP contribution >= 0.6 is 11.6 Å². The Hall–Kier alpha value is -2.94. The van der Waals surface area contributed by atoms with Crippen LogP contribution in [0.15, 0.2) is 42.5 Å². The number of benzene rings is 2. The average molecular weight is 458 g/mol. The summed E-state index contributed by atoms with van der Waals surface area (Å²) in [5.41, 5.74) is 1.07. The Morgan fingerprint density at radius 3 is 2.06 bits per heavy atom. The van der Waals surface area contributed by atoms with E-state index in [2.05, 4.69) is 5.10 Å². The van der Waals surface area contributed by atoms with E-state index in [9.17, 15) is 17.6 Å². The van der Waals surface area contributed by atoms with Crippen LogP contribution in [0, 0.1) is 0 Å². The number of halogens is 5. The van der Waals surface area contributed by atoms with Crippen LogP contribution in [-0.4, -0.2) is 48.8 Å². The van der Waals surface area contributed by atoms with Crippen molar-refractivity contribution in [2.24, 2.45) is 0 Å². The second kappa shape index (κ2) is 9.91. The number of hydrogen-bond acceptors (Lipinski definition) is 4. The molecule has 4 rings (SSSR count). The molecule has 2 heterocycles. The minimum atomic E-state index is -2.94. The number of fused-ring (bicyclic) bond motifs is 1. The smallest absolute Gasteiger partial charge is 0.270 e. The van der Waals surface area contributed by atoms with Crippen LogP contribution in [-0.2, 0) is 15.5 Å². The number of anilines is 1. The van der Waals surface area contributed by atoms with Crippen molar-refractivity contribution in [2.75, 3.05) is 18.0 Å². The van der Waals surface area contributed by atoms with E-state index in [-0.39, 0.29) is 18.7 Å². The summed E-state index contributed by atoms with van der Waals surface area (Å²) >= 11 is 6.33. The zero-order chi connectivity index (χ0) is 23.3. The molecule has 5 nitrogen and oxygen atoms in total. The zero-order valence-corrected chi connectivity index (χ0v) is 17.3. The molecule has 1 aromatic heterocycles. The van der Waals surface area contributed by atoms with Crippen LogP contribution in [0.5, 0.6) is 0 Å². The molecule has 1 fully saturated rings. The zero-order valence-electron chi connectivity index (χ0n) is 16.6. The predicted octanol–water partition coefficient (Wildman–Crippen LogP) is 4.92. The van der Waals surface area contributed by atoms with Gasteiger partial charge in [0.15, 0.2) is 18.2 Å². The van der Waals surface area contributed by atoms with E-state index >= 15 is 0 Å². The summed E-state index contributed by atoms with van der Waals surface area (Å²) in [6, 6.07) is 10.9. The molecule has 0 spiro atoms. The highest BCUT2D eigenvalue weighted by Gasteiger charge is 2.35. The molecule has 2 atom stereocenters. The van der Waals surface area contributed by atoms with Crippen molar-refractivity contribution in [1.82, 2.24) is 9.78 Å². The fraction of sp³-hybridized carbons (Fsp3) is 0.286. The SMILES string of the molecule is C=O.C=O.CC(F)(F)c1ccc(-n2nc(N3CC(F)C(F)C3)c3c(Cl)cccc32)cc1. The number of alkyl halides is 4. The van der Waals surface area contributed by atoms with Crippen LogP contribution in [0.4, 0.5) is 23.4 Å². The Kier molecular flexibility index (Phi) is 7.78. The van der Waals surface area contributed by atoms with Gasteiger partial charge in [0.25, 0.3) is 5.92 Å². The van der Waals surface area contributed by atoms with Gasteiger partial charge in [-0.2, -0.15) is 0 Å². The van der Waals surface area contributed by atoms with E-state index in [0.717, 1.165) is 6.92 Å². The van der Waals surface area contributed by atoms with E-state index < -0.39 is 18.3 Å². The normalized spacial score (nSPS) is 18.2. The minimum absolute atomic E-state index is 0.110. The number of hydrogen-bond donors (Lipinski definition) is 0. The van der Waals surface area contributed by atoms with E-state index in [1.807, 2.05) is 13.6 Å². The summed E-state index contributed by atoms with van der Waals surface area (Å²) in [7, 11) is 0. The van der Waals surface area contributed by atoms with Gasteiger partial charge in [0.1, 0.15) is 13.6 Å². The molecule has 0 radical (unpaired) electrons. The fourth-order valence-electron chi connectivity index (χ4n) is 3.32. The highest BCUT2D eigenvalue weighted by Crippen LogP contribution is 2.36. The molecule has 10 heteroatoms. The van der Waals surface area contributed by atoms with Gasteiger partial charge >= 0.3 is 0 Å². The Morgan fingerprint density at radius 2 is 1.55 bits per heavy atom. The van der Waals surface area contributed by atoms with Crippen molar-refractivity contribution >= 4 is 41.9 Å². The molecule has 1 aliphatic heterocycles. The Bertz CT molecular complexity index is 1010. The van der Waals surface area contributed by atoms with Crippen LogP contribution in [0.25, 0.3) is 16.6 Å². The lowest BCUT2D eigenvalue weighted by atomic mass is 10.1. The van der Waals surface area contributed by atoms with E-state index in [1.165, 1.54) is 29.2 Å². The molecule has 1 saturated heterocycles. The highest BCUT2D eigenvalue weighted by molar-refractivity contribution is 6.36. The lowest BCUT2D eigenvalue weighted by molar-refractivity contribution is -0.0987. The molecule has 166 valence electrons. The number of rotatable bonds is 3. The quantitative estimate of drug-likeness (QED) is 0.524. The van der Waals surface area contributed by atoms with Gasteiger partial charge < -0.3 is 14.5 Å². The van der Waals surface area contributed by atoms with Crippen molar-refractivity contribution in [3.63, 3.8) is 0 Å². The predicted molar refractivity (Wildman–Crippen MR) is 112 cm³/mol. The van der Waals surface area contributed by atoms with E-state index in [4.69, 9.17) is 21.2 Å². The molecule has 0 amide bonds.